The molecule has 0 radical (unpaired) electrons. The number of carbonyl (C=O) groups excluding carboxylic acids is 2. The fourth-order valence-corrected chi connectivity index (χ4v) is 2.95. The van der Waals surface area contributed by atoms with Crippen molar-refractivity contribution in [2.75, 3.05) is 5.32 Å². The molecule has 2 amide bonds. The Morgan fingerprint density at radius 2 is 1.47 bits per heavy atom. The lowest BCUT2D eigenvalue weighted by molar-refractivity contribution is 0.0954. The van der Waals surface area contributed by atoms with Crippen LogP contribution in [0, 0.1) is 0 Å². The highest BCUT2D eigenvalue weighted by Gasteiger charge is 2.09. The highest BCUT2D eigenvalue weighted by Crippen LogP contribution is 2.22. The van der Waals surface area contributed by atoms with Crippen LogP contribution in [0.1, 0.15) is 33.2 Å². The summed E-state index contributed by atoms with van der Waals surface area (Å²) in [5.41, 5.74) is 5.20. The second kappa shape index (κ2) is 9.76. The molecule has 0 aromatic heterocycles. The van der Waals surface area contributed by atoms with Gasteiger partial charge in [0.05, 0.1) is 15.8 Å². The number of nitrogens with one attached hydrogen (secondary N) is 2. The van der Waals surface area contributed by atoms with Gasteiger partial charge >= 0.3 is 0 Å². The van der Waals surface area contributed by atoms with Crippen LogP contribution in [-0.2, 0) is 0 Å². The summed E-state index contributed by atoms with van der Waals surface area (Å²) >= 11 is 17.7. The highest BCUT2D eigenvalue weighted by molar-refractivity contribution is 6.42. The first-order valence-corrected chi connectivity index (χ1v) is 9.94. The Balaban J connectivity index is 1.69. The van der Waals surface area contributed by atoms with E-state index in [4.69, 9.17) is 34.8 Å². The summed E-state index contributed by atoms with van der Waals surface area (Å²) in [7, 11) is 0. The number of hydrazone groups is 1. The summed E-state index contributed by atoms with van der Waals surface area (Å²) in [5.74, 6) is -0.675. The van der Waals surface area contributed by atoms with Crippen LogP contribution in [0.5, 0.6) is 0 Å². The van der Waals surface area contributed by atoms with Gasteiger partial charge in [0.25, 0.3) is 11.8 Å². The Kier molecular flexibility index (Phi) is 7.11. The van der Waals surface area contributed by atoms with Crippen molar-refractivity contribution in [2.45, 2.75) is 6.92 Å². The van der Waals surface area contributed by atoms with Crippen LogP contribution >= 0.6 is 34.8 Å². The molecule has 0 aliphatic heterocycles. The summed E-state index contributed by atoms with van der Waals surface area (Å²) < 4.78 is 0. The predicted molar refractivity (Wildman–Crippen MR) is 122 cm³/mol. The third kappa shape index (κ3) is 5.60. The molecule has 0 saturated heterocycles. The van der Waals surface area contributed by atoms with Crippen molar-refractivity contribution >= 4 is 58.0 Å². The lowest BCUT2D eigenvalue weighted by Gasteiger charge is -2.08. The van der Waals surface area contributed by atoms with E-state index in [1.165, 1.54) is 6.07 Å². The summed E-state index contributed by atoms with van der Waals surface area (Å²) in [6, 6.07) is 18.3. The van der Waals surface area contributed by atoms with Gasteiger partial charge in [-0.2, -0.15) is 5.10 Å². The maximum absolute atomic E-state index is 12.4. The van der Waals surface area contributed by atoms with E-state index in [9.17, 15) is 9.59 Å². The van der Waals surface area contributed by atoms with Crippen LogP contribution in [0.25, 0.3) is 0 Å². The third-order valence-electron chi connectivity index (χ3n) is 4.15. The number of halogens is 3. The predicted octanol–water partition coefficient (Wildman–Crippen LogP) is 6.05. The van der Waals surface area contributed by atoms with Gasteiger partial charge in [-0.3, -0.25) is 9.59 Å². The Hall–Kier alpha value is -2.86. The standard InChI is InChI=1S/C22H16Cl3N3O2/c1-13(27-28-22(30)16-7-10-19(24)20(25)12-16)15-3-2-4-18(11-15)26-21(29)14-5-8-17(23)9-6-14/h2-12H,1H3,(H,26,29)(H,28,30). The van der Waals surface area contributed by atoms with Gasteiger partial charge in [0.2, 0.25) is 0 Å². The molecule has 152 valence electrons. The number of anilines is 1. The maximum Gasteiger partial charge on any atom is 0.271 e. The average Bonchev–Trinajstić information content (AvgIpc) is 2.74. The van der Waals surface area contributed by atoms with Crippen LogP contribution in [0.4, 0.5) is 5.69 Å². The van der Waals surface area contributed by atoms with E-state index in [0.717, 1.165) is 5.56 Å². The number of nitrogens with zero attached hydrogens (tertiary/aromatic N) is 1. The molecule has 0 unspecified atom stereocenters. The van der Waals surface area contributed by atoms with Gasteiger partial charge < -0.3 is 5.32 Å². The number of amides is 2. The van der Waals surface area contributed by atoms with E-state index >= 15 is 0 Å². The molecule has 0 atom stereocenters. The molecule has 3 rings (SSSR count). The summed E-state index contributed by atoms with van der Waals surface area (Å²) in [4.78, 5) is 24.6. The van der Waals surface area contributed by atoms with Crippen LogP contribution in [0.2, 0.25) is 15.1 Å². The molecule has 0 bridgehead atoms. The van der Waals surface area contributed by atoms with Crippen molar-refractivity contribution in [2.24, 2.45) is 5.10 Å². The molecule has 2 N–H and O–H groups in total. The second-order valence-corrected chi connectivity index (χ2v) is 7.56. The molecule has 30 heavy (non-hydrogen) atoms. The van der Waals surface area contributed by atoms with Gasteiger partial charge in [0, 0.05) is 21.8 Å². The zero-order valence-electron chi connectivity index (χ0n) is 15.7. The summed E-state index contributed by atoms with van der Waals surface area (Å²) in [5, 5.41) is 8.16. The van der Waals surface area contributed by atoms with Gasteiger partial charge in [-0.25, -0.2) is 5.43 Å². The molecule has 8 heteroatoms. The van der Waals surface area contributed by atoms with Crippen LogP contribution < -0.4 is 10.7 Å². The number of hydrogen-bond donors (Lipinski definition) is 2. The number of carbonyl (C=O) groups is 2. The maximum atomic E-state index is 12.4. The van der Waals surface area contributed by atoms with E-state index in [0.29, 0.717) is 32.6 Å². The third-order valence-corrected chi connectivity index (χ3v) is 5.14. The molecule has 5 nitrogen and oxygen atoms in total. The van der Waals surface area contributed by atoms with E-state index in [1.807, 2.05) is 6.07 Å². The SMILES string of the molecule is CC(=NNC(=O)c1ccc(Cl)c(Cl)c1)c1cccc(NC(=O)c2ccc(Cl)cc2)c1. The van der Waals surface area contributed by atoms with Crippen molar-refractivity contribution < 1.29 is 9.59 Å². The molecular weight excluding hydrogens is 445 g/mol. The van der Waals surface area contributed by atoms with Gasteiger partial charge in [-0.15, -0.1) is 0 Å². The topological polar surface area (TPSA) is 70.6 Å². The smallest absolute Gasteiger partial charge is 0.271 e. The van der Waals surface area contributed by atoms with Gasteiger partial charge in [0.1, 0.15) is 0 Å². The average molecular weight is 461 g/mol. The Labute approximate surface area is 188 Å². The van der Waals surface area contributed by atoms with Crippen molar-refractivity contribution in [3.8, 4) is 0 Å². The molecule has 0 fully saturated rings. The van der Waals surface area contributed by atoms with Gasteiger partial charge in [0.15, 0.2) is 0 Å². The lowest BCUT2D eigenvalue weighted by atomic mass is 10.1. The minimum Gasteiger partial charge on any atom is -0.322 e. The largest absolute Gasteiger partial charge is 0.322 e. The highest BCUT2D eigenvalue weighted by atomic mass is 35.5. The molecule has 0 aliphatic rings. The molecule has 0 aliphatic carbocycles. The van der Waals surface area contributed by atoms with Gasteiger partial charge in [-0.1, -0.05) is 46.9 Å². The van der Waals surface area contributed by atoms with Crippen molar-refractivity contribution in [1.29, 1.82) is 0 Å². The summed E-state index contributed by atoms with van der Waals surface area (Å²) in [6.07, 6.45) is 0. The van der Waals surface area contributed by atoms with Crippen molar-refractivity contribution in [3.05, 3.63) is 98.5 Å². The van der Waals surface area contributed by atoms with E-state index in [1.54, 1.807) is 61.5 Å². The molecule has 0 saturated carbocycles. The Morgan fingerprint density at radius 1 is 0.767 bits per heavy atom. The number of benzene rings is 3. The van der Waals surface area contributed by atoms with Crippen molar-refractivity contribution in [3.63, 3.8) is 0 Å². The van der Waals surface area contributed by atoms with Crippen LogP contribution in [-0.4, -0.2) is 17.5 Å². The minimum absolute atomic E-state index is 0.258. The first-order valence-electron chi connectivity index (χ1n) is 8.80. The molecule has 0 heterocycles. The fourth-order valence-electron chi connectivity index (χ4n) is 2.53. The van der Waals surface area contributed by atoms with Gasteiger partial charge in [-0.05, 0) is 67.1 Å². The van der Waals surface area contributed by atoms with Crippen LogP contribution in [0.15, 0.2) is 71.8 Å². The second-order valence-electron chi connectivity index (χ2n) is 6.31. The number of hydrogen-bond acceptors (Lipinski definition) is 3. The monoisotopic (exact) mass is 459 g/mol. The first-order chi connectivity index (χ1) is 14.3. The fraction of sp³-hybridized carbons (Fsp3) is 0.0455. The van der Waals surface area contributed by atoms with E-state index in [-0.39, 0.29) is 10.9 Å². The Bertz CT molecular complexity index is 1130. The summed E-state index contributed by atoms with van der Waals surface area (Å²) in [6.45, 7) is 1.75. The van der Waals surface area contributed by atoms with E-state index < -0.39 is 5.91 Å². The molecule has 3 aromatic rings. The number of rotatable bonds is 5. The molecular formula is C22H16Cl3N3O2. The first kappa shape index (κ1) is 21.8. The van der Waals surface area contributed by atoms with Crippen molar-refractivity contribution in [1.82, 2.24) is 5.43 Å². The Morgan fingerprint density at radius 3 is 2.17 bits per heavy atom. The zero-order valence-corrected chi connectivity index (χ0v) is 18.0. The zero-order chi connectivity index (χ0) is 21.7. The lowest BCUT2D eigenvalue weighted by Crippen LogP contribution is -2.19. The normalized spacial score (nSPS) is 11.1. The molecule has 3 aromatic carbocycles. The van der Waals surface area contributed by atoms with E-state index in [2.05, 4.69) is 15.8 Å². The quantitative estimate of drug-likeness (QED) is 0.359. The minimum atomic E-state index is -0.417. The molecule has 0 spiro atoms. The van der Waals surface area contributed by atoms with Crippen LogP contribution in [0.3, 0.4) is 0 Å².